The Hall–Kier alpha value is -3.07. The Morgan fingerprint density at radius 2 is 1.67 bits per heavy atom. The van der Waals surface area contributed by atoms with Crippen molar-refractivity contribution in [3.8, 4) is 6.07 Å². The van der Waals surface area contributed by atoms with Crippen LogP contribution in [0, 0.1) is 11.3 Å². The lowest BCUT2D eigenvalue weighted by atomic mass is 9.75. The number of nitrogens with zero attached hydrogens (tertiary/aromatic N) is 1. The van der Waals surface area contributed by atoms with Crippen molar-refractivity contribution in [1.82, 2.24) is 0 Å². The zero-order chi connectivity index (χ0) is 19.3. The zero-order valence-electron chi connectivity index (χ0n) is 13.6. The number of carbonyl (C=O) groups is 2. The lowest BCUT2D eigenvalue weighted by Crippen LogP contribution is -2.32. The van der Waals surface area contributed by atoms with Crippen molar-refractivity contribution in [2.75, 3.05) is 0 Å². The Bertz CT molecular complexity index is 1140. The van der Waals surface area contributed by atoms with Gasteiger partial charge in [-0.25, -0.2) is 0 Å². The molecule has 0 aromatic heterocycles. The van der Waals surface area contributed by atoms with E-state index in [4.69, 9.17) is 33.7 Å². The smallest absolute Gasteiger partial charge is 0.229 e. The fourth-order valence-electron chi connectivity index (χ4n) is 3.33. The van der Waals surface area contributed by atoms with Gasteiger partial charge < -0.3 is 10.5 Å². The second-order valence-electron chi connectivity index (χ2n) is 6.04. The molecule has 1 aliphatic carbocycles. The van der Waals surface area contributed by atoms with E-state index in [1.165, 1.54) is 0 Å². The van der Waals surface area contributed by atoms with Gasteiger partial charge in [0.05, 0.1) is 21.5 Å². The highest BCUT2D eigenvalue weighted by atomic mass is 35.5. The summed E-state index contributed by atoms with van der Waals surface area (Å²) in [5.74, 6) is -2.10. The van der Waals surface area contributed by atoms with Crippen LogP contribution < -0.4 is 5.73 Å². The quantitative estimate of drug-likeness (QED) is 0.781. The van der Waals surface area contributed by atoms with E-state index in [1.54, 1.807) is 42.5 Å². The first-order chi connectivity index (χ1) is 12.9. The molecule has 2 aromatic rings. The summed E-state index contributed by atoms with van der Waals surface area (Å²) in [6.45, 7) is 0. The molecule has 2 N–H and O–H groups in total. The molecule has 2 aromatic carbocycles. The van der Waals surface area contributed by atoms with Gasteiger partial charge in [0.15, 0.2) is 11.5 Å². The van der Waals surface area contributed by atoms with Crippen molar-refractivity contribution in [3.05, 3.63) is 92.0 Å². The molecule has 132 valence electrons. The Balaban J connectivity index is 1.99. The highest BCUT2D eigenvalue weighted by Crippen LogP contribution is 2.44. The first-order valence-corrected chi connectivity index (χ1v) is 8.64. The first-order valence-electron chi connectivity index (χ1n) is 7.89. The minimum absolute atomic E-state index is 0.0349. The number of Topliss-reactive ketones (excluding diaryl/α,β-unsaturated/α-hetero) is 2. The molecule has 0 saturated heterocycles. The van der Waals surface area contributed by atoms with Gasteiger partial charge in [0.25, 0.3) is 0 Å². The van der Waals surface area contributed by atoms with E-state index in [0.717, 1.165) is 0 Å². The summed E-state index contributed by atoms with van der Waals surface area (Å²) in [5, 5.41) is 10.2. The summed E-state index contributed by atoms with van der Waals surface area (Å²) < 4.78 is 5.42. The lowest BCUT2D eigenvalue weighted by Gasteiger charge is -2.31. The third-order valence-corrected chi connectivity index (χ3v) is 5.30. The van der Waals surface area contributed by atoms with Gasteiger partial charge in [0, 0.05) is 11.1 Å². The zero-order valence-corrected chi connectivity index (χ0v) is 15.1. The fourth-order valence-corrected chi connectivity index (χ4v) is 3.64. The van der Waals surface area contributed by atoms with Crippen molar-refractivity contribution in [2.45, 2.75) is 5.92 Å². The maximum absolute atomic E-state index is 13.2. The van der Waals surface area contributed by atoms with E-state index in [2.05, 4.69) is 0 Å². The predicted octanol–water partition coefficient (Wildman–Crippen LogP) is 4.13. The molecule has 2 aliphatic rings. The Kier molecular flexibility index (Phi) is 4.03. The van der Waals surface area contributed by atoms with Crippen LogP contribution in [0.1, 0.15) is 32.2 Å². The second kappa shape index (κ2) is 6.27. The van der Waals surface area contributed by atoms with E-state index in [1.807, 2.05) is 6.07 Å². The number of halogens is 2. The first kappa shape index (κ1) is 17.3. The van der Waals surface area contributed by atoms with Gasteiger partial charge >= 0.3 is 0 Å². The van der Waals surface area contributed by atoms with Gasteiger partial charge in [-0.3, -0.25) is 9.59 Å². The van der Waals surface area contributed by atoms with Gasteiger partial charge in [-0.1, -0.05) is 53.5 Å². The van der Waals surface area contributed by atoms with Crippen LogP contribution in [0.3, 0.4) is 0 Å². The molecule has 0 bridgehead atoms. The standard InChI is InChI=1S/C20H10Cl2N2O3/c21-13-6-5-9(7-14(13)22)15-12(8-23)20(24)27-19-16(15)17(25)10-3-1-2-4-11(10)18(19)26/h1-7,15H,24H2/t15-/m1/s1. The highest BCUT2D eigenvalue weighted by Gasteiger charge is 2.43. The number of hydrogen-bond acceptors (Lipinski definition) is 5. The minimum Gasteiger partial charge on any atom is -0.436 e. The number of benzene rings is 2. The topological polar surface area (TPSA) is 93.2 Å². The van der Waals surface area contributed by atoms with E-state index in [-0.39, 0.29) is 38.9 Å². The van der Waals surface area contributed by atoms with Crippen molar-refractivity contribution < 1.29 is 14.3 Å². The molecule has 1 aliphatic heterocycles. The van der Waals surface area contributed by atoms with Gasteiger partial charge in [-0.05, 0) is 17.7 Å². The maximum Gasteiger partial charge on any atom is 0.229 e. The van der Waals surface area contributed by atoms with Crippen LogP contribution in [0.5, 0.6) is 0 Å². The van der Waals surface area contributed by atoms with Gasteiger partial charge in [0.2, 0.25) is 11.7 Å². The number of nitriles is 1. The van der Waals surface area contributed by atoms with Crippen molar-refractivity contribution in [1.29, 1.82) is 5.26 Å². The molecule has 5 nitrogen and oxygen atoms in total. The number of hydrogen-bond donors (Lipinski definition) is 1. The van der Waals surface area contributed by atoms with Crippen LogP contribution in [-0.2, 0) is 4.74 Å². The summed E-state index contributed by atoms with van der Waals surface area (Å²) >= 11 is 12.1. The number of nitrogens with two attached hydrogens (primary N) is 1. The molecule has 7 heteroatoms. The molecule has 1 atom stereocenters. The van der Waals surface area contributed by atoms with Crippen molar-refractivity contribution in [2.24, 2.45) is 5.73 Å². The van der Waals surface area contributed by atoms with Crippen molar-refractivity contribution >= 4 is 34.8 Å². The molecule has 0 spiro atoms. The van der Waals surface area contributed by atoms with Gasteiger partial charge in [-0.15, -0.1) is 0 Å². The van der Waals surface area contributed by atoms with Crippen LogP contribution >= 0.6 is 23.2 Å². The average Bonchev–Trinajstić information content (AvgIpc) is 2.67. The minimum atomic E-state index is -0.877. The van der Waals surface area contributed by atoms with Crippen LogP contribution in [0.15, 0.2) is 65.3 Å². The number of ketones is 2. The highest BCUT2D eigenvalue weighted by molar-refractivity contribution is 6.42. The Morgan fingerprint density at radius 3 is 2.30 bits per heavy atom. The molecule has 0 unspecified atom stereocenters. The summed E-state index contributed by atoms with van der Waals surface area (Å²) in [6.07, 6.45) is 0. The van der Waals surface area contributed by atoms with E-state index < -0.39 is 17.5 Å². The normalized spacial score (nSPS) is 18.6. The fraction of sp³-hybridized carbons (Fsp3) is 0.0500. The van der Waals surface area contributed by atoms with E-state index in [0.29, 0.717) is 10.6 Å². The molecule has 27 heavy (non-hydrogen) atoms. The Morgan fingerprint density at radius 1 is 1.00 bits per heavy atom. The molecule has 4 rings (SSSR count). The van der Waals surface area contributed by atoms with Crippen molar-refractivity contribution in [3.63, 3.8) is 0 Å². The molecule has 0 fully saturated rings. The SMILES string of the molecule is N#CC1=C(N)OC2=C(C(=O)c3ccccc3C2=O)[C@@H]1c1ccc(Cl)c(Cl)c1. The molecular weight excluding hydrogens is 387 g/mol. The number of ether oxygens (including phenoxy) is 1. The Labute approximate surface area is 164 Å². The summed E-state index contributed by atoms with van der Waals surface area (Å²) in [4.78, 5) is 26.1. The van der Waals surface area contributed by atoms with Crippen LogP contribution in [0.2, 0.25) is 10.0 Å². The van der Waals surface area contributed by atoms with Gasteiger partial charge in [-0.2, -0.15) is 5.26 Å². The number of fused-ring (bicyclic) bond motifs is 1. The van der Waals surface area contributed by atoms with Crippen LogP contribution in [0.25, 0.3) is 0 Å². The molecule has 0 amide bonds. The number of rotatable bonds is 1. The molecular formula is C20H10Cl2N2O3. The molecule has 0 radical (unpaired) electrons. The third kappa shape index (κ3) is 2.54. The monoisotopic (exact) mass is 396 g/mol. The second-order valence-corrected chi connectivity index (χ2v) is 6.86. The van der Waals surface area contributed by atoms with E-state index >= 15 is 0 Å². The summed E-state index contributed by atoms with van der Waals surface area (Å²) in [7, 11) is 0. The van der Waals surface area contributed by atoms with Gasteiger partial charge in [0.1, 0.15) is 11.6 Å². The predicted molar refractivity (Wildman–Crippen MR) is 99.2 cm³/mol. The maximum atomic E-state index is 13.2. The molecule has 0 saturated carbocycles. The summed E-state index contributed by atoms with van der Waals surface area (Å²) in [6, 6.07) is 13.2. The largest absolute Gasteiger partial charge is 0.436 e. The van der Waals surface area contributed by atoms with E-state index in [9.17, 15) is 14.9 Å². The van der Waals surface area contributed by atoms with Crippen LogP contribution in [-0.4, -0.2) is 11.6 Å². The summed E-state index contributed by atoms with van der Waals surface area (Å²) in [5.41, 5.74) is 7.01. The average molecular weight is 397 g/mol. The lowest BCUT2D eigenvalue weighted by molar-refractivity contribution is 0.0897. The molecule has 1 heterocycles. The number of allylic oxidation sites excluding steroid dienone is 3. The number of carbonyl (C=O) groups excluding carboxylic acids is 2. The third-order valence-electron chi connectivity index (χ3n) is 4.56. The van der Waals surface area contributed by atoms with Crippen LogP contribution in [0.4, 0.5) is 0 Å².